The van der Waals surface area contributed by atoms with E-state index in [9.17, 15) is 9.59 Å². The van der Waals surface area contributed by atoms with Crippen molar-refractivity contribution < 1.29 is 14.3 Å². The monoisotopic (exact) mass is 395 g/mol. The highest BCUT2D eigenvalue weighted by molar-refractivity contribution is 6.31. The normalized spacial score (nSPS) is 10.2. The maximum absolute atomic E-state index is 12.2. The number of esters is 1. The van der Waals surface area contributed by atoms with Crippen LogP contribution in [0.1, 0.15) is 27.6 Å². The molecule has 2 N–H and O–H groups in total. The van der Waals surface area contributed by atoms with Gasteiger partial charge in [0.05, 0.1) is 24.1 Å². The fraction of sp³-hybridized carbons (Fsp3) is 0.0952. The zero-order chi connectivity index (χ0) is 19.9. The van der Waals surface area contributed by atoms with Crippen LogP contribution in [0, 0.1) is 0 Å². The first-order valence-corrected chi connectivity index (χ1v) is 9.00. The number of aromatic nitrogens is 1. The van der Waals surface area contributed by atoms with Crippen LogP contribution in [-0.2, 0) is 4.74 Å². The van der Waals surface area contributed by atoms with E-state index in [1.807, 2.05) is 0 Å². The van der Waals surface area contributed by atoms with Crippen molar-refractivity contribution in [2.24, 2.45) is 0 Å². The van der Waals surface area contributed by atoms with Crippen molar-refractivity contribution in [2.75, 3.05) is 17.2 Å². The van der Waals surface area contributed by atoms with Crippen molar-refractivity contribution >= 4 is 40.7 Å². The topological polar surface area (TPSA) is 80.3 Å². The number of nitrogens with zero attached hydrogens (tertiary/aromatic N) is 1. The molecule has 0 aliphatic rings. The van der Waals surface area contributed by atoms with Crippen molar-refractivity contribution in [2.45, 2.75) is 6.92 Å². The zero-order valence-corrected chi connectivity index (χ0v) is 15.9. The number of rotatable bonds is 6. The van der Waals surface area contributed by atoms with Gasteiger partial charge in [-0.25, -0.2) is 9.78 Å². The molecule has 0 aliphatic carbocycles. The minimum Gasteiger partial charge on any atom is -0.462 e. The van der Waals surface area contributed by atoms with E-state index in [-0.39, 0.29) is 11.9 Å². The predicted octanol–water partition coefficient (Wildman–Crippen LogP) is 4.91. The van der Waals surface area contributed by atoms with Crippen LogP contribution in [0.5, 0.6) is 0 Å². The Balaban J connectivity index is 1.61. The smallest absolute Gasteiger partial charge is 0.338 e. The summed E-state index contributed by atoms with van der Waals surface area (Å²) in [5.74, 6) is -0.214. The minimum absolute atomic E-state index is 0.287. The number of pyridine rings is 1. The number of anilines is 3. The molecule has 0 atom stereocenters. The average Bonchev–Trinajstić information content (AvgIpc) is 2.70. The summed E-state index contributed by atoms with van der Waals surface area (Å²) in [6, 6.07) is 17.1. The molecule has 142 valence electrons. The van der Waals surface area contributed by atoms with Gasteiger partial charge < -0.3 is 15.4 Å². The molecule has 1 aromatic heterocycles. The fourth-order valence-electron chi connectivity index (χ4n) is 2.43. The molecule has 3 rings (SSSR count). The number of benzene rings is 2. The number of halogens is 1. The summed E-state index contributed by atoms with van der Waals surface area (Å²) in [5, 5.41) is 6.39. The third-order valence-corrected chi connectivity index (χ3v) is 4.01. The number of carbonyl (C=O) groups excluding carboxylic acids is 2. The molecule has 0 saturated carbocycles. The third kappa shape index (κ3) is 5.08. The van der Waals surface area contributed by atoms with Gasteiger partial charge in [-0.1, -0.05) is 17.7 Å². The van der Waals surface area contributed by atoms with Gasteiger partial charge in [-0.3, -0.25) is 4.79 Å². The van der Waals surface area contributed by atoms with E-state index in [2.05, 4.69) is 15.6 Å². The Hall–Kier alpha value is -3.38. The van der Waals surface area contributed by atoms with E-state index in [1.165, 1.54) is 0 Å². The molecule has 6 nitrogen and oxygen atoms in total. The fourth-order valence-corrected chi connectivity index (χ4v) is 2.62. The Morgan fingerprint density at radius 2 is 1.75 bits per heavy atom. The van der Waals surface area contributed by atoms with Gasteiger partial charge in [0.15, 0.2) is 0 Å². The number of amides is 1. The van der Waals surface area contributed by atoms with Crippen molar-refractivity contribution in [1.29, 1.82) is 0 Å². The van der Waals surface area contributed by atoms with E-state index in [1.54, 1.807) is 73.8 Å². The number of nitrogens with one attached hydrogen (secondary N) is 2. The first-order chi connectivity index (χ1) is 13.5. The molecule has 0 unspecified atom stereocenters. The highest BCUT2D eigenvalue weighted by Crippen LogP contribution is 2.19. The molecule has 0 aliphatic heterocycles. The van der Waals surface area contributed by atoms with Gasteiger partial charge in [-0.2, -0.15) is 0 Å². The maximum Gasteiger partial charge on any atom is 0.338 e. The molecular weight excluding hydrogens is 378 g/mol. The summed E-state index contributed by atoms with van der Waals surface area (Å²) in [4.78, 5) is 28.1. The van der Waals surface area contributed by atoms with E-state index in [0.717, 1.165) is 11.4 Å². The molecule has 0 bridgehead atoms. The van der Waals surface area contributed by atoms with E-state index < -0.39 is 0 Å². The molecule has 0 radical (unpaired) electrons. The predicted molar refractivity (Wildman–Crippen MR) is 109 cm³/mol. The van der Waals surface area contributed by atoms with Gasteiger partial charge in [0.25, 0.3) is 5.91 Å². The maximum atomic E-state index is 12.2. The average molecular weight is 396 g/mol. The second kappa shape index (κ2) is 9.01. The Labute approximate surface area is 167 Å². The van der Waals surface area contributed by atoms with E-state index in [4.69, 9.17) is 16.3 Å². The number of ether oxygens (including phenoxy) is 1. The lowest BCUT2D eigenvalue weighted by molar-refractivity contribution is 0.0526. The molecule has 7 heteroatoms. The molecule has 1 amide bonds. The number of hydrogen-bond acceptors (Lipinski definition) is 5. The van der Waals surface area contributed by atoms with Crippen LogP contribution in [0.3, 0.4) is 0 Å². The van der Waals surface area contributed by atoms with Crippen LogP contribution in [-0.4, -0.2) is 23.5 Å². The number of carbonyl (C=O) groups is 2. The van der Waals surface area contributed by atoms with Gasteiger partial charge in [-0.15, -0.1) is 0 Å². The van der Waals surface area contributed by atoms with Crippen molar-refractivity contribution in [3.63, 3.8) is 0 Å². The summed E-state index contributed by atoms with van der Waals surface area (Å²) >= 11 is 5.90. The quantitative estimate of drug-likeness (QED) is 0.580. The summed E-state index contributed by atoms with van der Waals surface area (Å²) in [7, 11) is 0. The summed E-state index contributed by atoms with van der Waals surface area (Å²) in [6.07, 6.45) is 1.60. The molecule has 0 fully saturated rings. The summed E-state index contributed by atoms with van der Waals surface area (Å²) < 4.78 is 4.96. The lowest BCUT2D eigenvalue weighted by atomic mass is 10.2. The first kappa shape index (κ1) is 19.4. The standard InChI is InChI=1S/C21H18ClN3O3/c1-2-28-21(27)14-6-8-17(9-7-14)24-18-10-11-19(23-13-18)25-20(26)15-4-3-5-16(22)12-15/h3-13,24H,2H2,1H3,(H,23,25,26). The highest BCUT2D eigenvalue weighted by Gasteiger charge is 2.08. The van der Waals surface area contributed by atoms with Gasteiger partial charge >= 0.3 is 5.97 Å². The first-order valence-electron chi connectivity index (χ1n) is 8.62. The highest BCUT2D eigenvalue weighted by atomic mass is 35.5. The van der Waals surface area contributed by atoms with Gasteiger partial charge in [0.2, 0.25) is 0 Å². The van der Waals surface area contributed by atoms with Crippen LogP contribution in [0.15, 0.2) is 66.9 Å². The summed E-state index contributed by atoms with van der Waals surface area (Å²) in [6.45, 7) is 2.10. The van der Waals surface area contributed by atoms with Crippen LogP contribution in [0.4, 0.5) is 17.2 Å². The Bertz CT molecular complexity index is 973. The van der Waals surface area contributed by atoms with Crippen LogP contribution in [0.25, 0.3) is 0 Å². The lowest BCUT2D eigenvalue weighted by Crippen LogP contribution is -2.12. The van der Waals surface area contributed by atoms with Crippen LogP contribution in [0.2, 0.25) is 5.02 Å². The van der Waals surface area contributed by atoms with Gasteiger partial charge in [-0.05, 0) is 61.5 Å². The largest absolute Gasteiger partial charge is 0.462 e. The Kier molecular flexibility index (Phi) is 6.24. The van der Waals surface area contributed by atoms with E-state index >= 15 is 0 Å². The molecule has 2 aromatic carbocycles. The minimum atomic E-state index is -0.351. The van der Waals surface area contributed by atoms with Gasteiger partial charge in [0, 0.05) is 16.3 Å². The number of hydrogen-bond donors (Lipinski definition) is 2. The molecular formula is C21H18ClN3O3. The van der Waals surface area contributed by atoms with Gasteiger partial charge in [0.1, 0.15) is 5.82 Å². The molecule has 3 aromatic rings. The lowest BCUT2D eigenvalue weighted by Gasteiger charge is -2.09. The van der Waals surface area contributed by atoms with Crippen molar-refractivity contribution in [3.8, 4) is 0 Å². The SMILES string of the molecule is CCOC(=O)c1ccc(Nc2ccc(NC(=O)c3cccc(Cl)c3)nc2)cc1. The van der Waals surface area contributed by atoms with Crippen molar-refractivity contribution in [1.82, 2.24) is 4.98 Å². The van der Waals surface area contributed by atoms with Crippen molar-refractivity contribution in [3.05, 3.63) is 83.0 Å². The summed E-state index contributed by atoms with van der Waals surface area (Å²) in [5.41, 5.74) is 2.48. The zero-order valence-electron chi connectivity index (χ0n) is 15.1. The third-order valence-electron chi connectivity index (χ3n) is 3.78. The molecule has 0 saturated heterocycles. The second-order valence-corrected chi connectivity index (χ2v) is 6.26. The Morgan fingerprint density at radius 1 is 1.00 bits per heavy atom. The molecule has 28 heavy (non-hydrogen) atoms. The Morgan fingerprint density at radius 3 is 2.39 bits per heavy atom. The molecule has 1 heterocycles. The van der Waals surface area contributed by atoms with Crippen LogP contribution >= 0.6 is 11.6 Å². The van der Waals surface area contributed by atoms with Crippen LogP contribution < -0.4 is 10.6 Å². The molecule has 0 spiro atoms. The van der Waals surface area contributed by atoms with E-state index in [0.29, 0.717) is 28.6 Å². The second-order valence-electron chi connectivity index (χ2n) is 5.82.